The fourth-order valence-electron chi connectivity index (χ4n) is 5.93. The summed E-state index contributed by atoms with van der Waals surface area (Å²) in [6, 6.07) is 17.3. The number of morpholine rings is 1. The number of hydrogen-bond donors (Lipinski definition) is 4. The molecule has 0 aliphatic carbocycles. The van der Waals surface area contributed by atoms with Gasteiger partial charge < -0.3 is 21.1 Å². The number of amidine groups is 1. The SMILES string of the molecule is C=C(CN1CCOCC1)C(=O)NCc1cccc([C@@H]2/C(=C/N)C(=[NH+]c3ccccc3)N(CC)C(=O)[C@H]2NC(=O)c2ccn(CCF)n2)c1. The molecule has 48 heavy (non-hydrogen) atoms. The Morgan fingerprint density at radius 1 is 1.15 bits per heavy atom. The topological polar surface area (TPSA) is 149 Å². The molecule has 5 rings (SSSR count). The summed E-state index contributed by atoms with van der Waals surface area (Å²) in [4.78, 5) is 47.7. The van der Waals surface area contributed by atoms with Gasteiger partial charge in [0.25, 0.3) is 11.7 Å². The molecule has 1 aromatic heterocycles. The van der Waals surface area contributed by atoms with Crippen LogP contribution in [-0.4, -0.2) is 95.2 Å². The monoisotopic (exact) mass is 657 g/mol. The number of hydrogen-bond acceptors (Lipinski definition) is 7. The van der Waals surface area contributed by atoms with E-state index in [9.17, 15) is 18.8 Å². The predicted molar refractivity (Wildman–Crippen MR) is 179 cm³/mol. The summed E-state index contributed by atoms with van der Waals surface area (Å²) < 4.78 is 19.6. The maximum absolute atomic E-state index is 14.2. The van der Waals surface area contributed by atoms with E-state index in [1.807, 2.05) is 61.5 Å². The molecule has 13 heteroatoms. The average molecular weight is 658 g/mol. The zero-order valence-electron chi connectivity index (χ0n) is 27.0. The molecule has 2 saturated heterocycles. The summed E-state index contributed by atoms with van der Waals surface area (Å²) >= 11 is 0. The Kier molecular flexibility index (Phi) is 11.5. The van der Waals surface area contributed by atoms with Gasteiger partial charge in [-0.2, -0.15) is 10.00 Å². The van der Waals surface area contributed by atoms with E-state index in [2.05, 4.69) is 32.2 Å². The van der Waals surface area contributed by atoms with E-state index in [1.165, 1.54) is 23.1 Å². The average Bonchev–Trinajstić information content (AvgIpc) is 3.58. The predicted octanol–water partition coefficient (Wildman–Crippen LogP) is 0.755. The van der Waals surface area contributed by atoms with E-state index in [0.717, 1.165) is 24.3 Å². The number of piperidine rings is 1. The number of para-hydroxylation sites is 1. The Morgan fingerprint density at radius 2 is 1.92 bits per heavy atom. The van der Waals surface area contributed by atoms with Gasteiger partial charge in [0.05, 0.1) is 37.8 Å². The van der Waals surface area contributed by atoms with Crippen LogP contribution < -0.4 is 21.4 Å². The van der Waals surface area contributed by atoms with Gasteiger partial charge in [-0.1, -0.05) is 49.0 Å². The number of nitrogens with zero attached hydrogens (tertiary/aromatic N) is 4. The van der Waals surface area contributed by atoms with Gasteiger partial charge in [0.15, 0.2) is 0 Å². The third kappa shape index (κ3) is 8.04. The van der Waals surface area contributed by atoms with E-state index >= 15 is 0 Å². The smallest absolute Gasteiger partial charge is 0.333 e. The lowest BCUT2D eigenvalue weighted by atomic mass is 9.79. The van der Waals surface area contributed by atoms with Crippen LogP contribution in [0.4, 0.5) is 10.1 Å². The van der Waals surface area contributed by atoms with Crippen molar-refractivity contribution in [2.45, 2.75) is 32.0 Å². The van der Waals surface area contributed by atoms with Crippen LogP contribution in [0.3, 0.4) is 0 Å². The van der Waals surface area contributed by atoms with E-state index in [0.29, 0.717) is 48.8 Å². The maximum Gasteiger partial charge on any atom is 0.333 e. The van der Waals surface area contributed by atoms with Crippen molar-refractivity contribution in [1.82, 2.24) is 30.2 Å². The fourth-order valence-corrected chi connectivity index (χ4v) is 5.93. The van der Waals surface area contributed by atoms with Crippen LogP contribution in [0.15, 0.2) is 90.8 Å². The molecule has 252 valence electrons. The van der Waals surface area contributed by atoms with Crippen LogP contribution in [0.25, 0.3) is 0 Å². The number of rotatable bonds is 12. The van der Waals surface area contributed by atoms with Gasteiger partial charge in [-0.15, -0.1) is 0 Å². The molecule has 12 nitrogen and oxygen atoms in total. The van der Waals surface area contributed by atoms with Gasteiger partial charge in [0.1, 0.15) is 24.1 Å². The number of alkyl halides is 1. The molecule has 3 heterocycles. The lowest BCUT2D eigenvalue weighted by Crippen LogP contribution is -2.75. The summed E-state index contributed by atoms with van der Waals surface area (Å²) in [5.41, 5.74) is 9.68. The van der Waals surface area contributed by atoms with Crippen molar-refractivity contribution in [3.05, 3.63) is 108 Å². The number of likely N-dealkylation sites (tertiary alicyclic amines) is 1. The molecule has 3 amide bonds. The van der Waals surface area contributed by atoms with Gasteiger partial charge in [0, 0.05) is 44.1 Å². The molecule has 5 N–H and O–H groups in total. The molecule has 0 bridgehead atoms. The zero-order valence-corrected chi connectivity index (χ0v) is 27.0. The second kappa shape index (κ2) is 16.1. The van der Waals surface area contributed by atoms with Crippen molar-refractivity contribution >= 4 is 29.2 Å². The maximum atomic E-state index is 14.2. The van der Waals surface area contributed by atoms with E-state index < -0.39 is 24.5 Å². The molecule has 0 unspecified atom stereocenters. The molecule has 3 aromatic rings. The third-order valence-corrected chi connectivity index (χ3v) is 8.35. The lowest BCUT2D eigenvalue weighted by Gasteiger charge is -2.35. The number of carbonyl (C=O) groups is 3. The molecule has 0 spiro atoms. The molecule has 2 fully saturated rings. The largest absolute Gasteiger partial charge is 0.404 e. The van der Waals surface area contributed by atoms with Gasteiger partial charge in [-0.3, -0.25) is 19.2 Å². The molecular formula is C35H42FN8O4+. The summed E-state index contributed by atoms with van der Waals surface area (Å²) in [5, 5.41) is 10.0. The standard InChI is InChI=1S/C35H41FN8O4/c1-3-44-32(39-27-10-5-4-6-11-27)28(21-37)30(31(35(44)47)40-34(46)29-12-14-43(41-29)15-13-36)26-9-7-8-25(20-26)22-38-33(45)24(2)23-42-16-18-48-19-17-42/h4-12,14,20-21,30-31H,2-3,13,15-19,22-23,37H2,1H3,(H,38,45)(H,40,46)/p+1/b28-21-,39-32?/t30-,31+/m1/s1. The van der Waals surface area contributed by atoms with E-state index in [4.69, 9.17) is 10.5 Å². The van der Waals surface area contributed by atoms with Crippen molar-refractivity contribution < 1.29 is 28.5 Å². The number of nitrogens with two attached hydrogens (primary N) is 1. The Morgan fingerprint density at radius 3 is 2.62 bits per heavy atom. The first-order valence-corrected chi connectivity index (χ1v) is 16.0. The van der Waals surface area contributed by atoms with Crippen molar-refractivity contribution in [3.63, 3.8) is 0 Å². The molecule has 2 atom stereocenters. The first-order chi connectivity index (χ1) is 23.3. The zero-order chi connectivity index (χ0) is 34.0. The second-order valence-electron chi connectivity index (χ2n) is 11.5. The van der Waals surface area contributed by atoms with Gasteiger partial charge >= 0.3 is 5.91 Å². The minimum atomic E-state index is -1.06. The fraction of sp³-hybridized carbons (Fsp3) is 0.343. The third-order valence-electron chi connectivity index (χ3n) is 8.35. The molecule has 0 saturated carbocycles. The number of carbonyl (C=O) groups excluding carboxylic acids is 3. The molecule has 0 radical (unpaired) electrons. The highest BCUT2D eigenvalue weighted by Gasteiger charge is 2.49. The number of nitrogens with one attached hydrogen (secondary N) is 3. The van der Waals surface area contributed by atoms with Crippen LogP contribution in [0.1, 0.15) is 34.5 Å². The van der Waals surface area contributed by atoms with Crippen LogP contribution in [0, 0.1) is 0 Å². The lowest BCUT2D eigenvalue weighted by molar-refractivity contribution is -0.360. The van der Waals surface area contributed by atoms with Crippen LogP contribution in [0.5, 0.6) is 0 Å². The highest BCUT2D eigenvalue weighted by atomic mass is 19.1. The van der Waals surface area contributed by atoms with Crippen LogP contribution >= 0.6 is 0 Å². The number of aromatic nitrogens is 2. The minimum Gasteiger partial charge on any atom is -0.404 e. The van der Waals surface area contributed by atoms with Crippen molar-refractivity contribution in [2.24, 2.45) is 5.73 Å². The highest BCUT2D eigenvalue weighted by molar-refractivity contribution is 6.12. The highest BCUT2D eigenvalue weighted by Crippen LogP contribution is 2.34. The van der Waals surface area contributed by atoms with Crippen LogP contribution in [-0.2, 0) is 27.4 Å². The minimum absolute atomic E-state index is 0.00923. The van der Waals surface area contributed by atoms with Gasteiger partial charge in [0.2, 0.25) is 5.91 Å². The summed E-state index contributed by atoms with van der Waals surface area (Å²) in [5.74, 6) is -1.38. The Bertz CT molecular complexity index is 1680. The Labute approximate surface area is 279 Å². The molecule has 2 aliphatic rings. The van der Waals surface area contributed by atoms with E-state index in [1.54, 1.807) is 4.90 Å². The van der Waals surface area contributed by atoms with Gasteiger partial charge in [-0.05, 0) is 36.2 Å². The molecular weight excluding hydrogens is 615 g/mol. The normalized spacial score (nSPS) is 20.2. The number of benzene rings is 2. The first-order valence-electron chi connectivity index (χ1n) is 16.0. The van der Waals surface area contributed by atoms with Crippen LogP contribution in [0.2, 0.25) is 0 Å². The number of likely N-dealkylation sites (N-methyl/N-ethyl adjacent to an activating group) is 1. The van der Waals surface area contributed by atoms with E-state index in [-0.39, 0.29) is 30.6 Å². The number of ether oxygens (including phenoxy) is 1. The van der Waals surface area contributed by atoms with Crippen molar-refractivity contribution in [1.29, 1.82) is 0 Å². The summed E-state index contributed by atoms with van der Waals surface area (Å²) in [6.45, 7) is 8.93. The van der Waals surface area contributed by atoms with Crippen molar-refractivity contribution in [3.8, 4) is 0 Å². The molecule has 2 aliphatic heterocycles. The van der Waals surface area contributed by atoms with Crippen molar-refractivity contribution in [2.75, 3.05) is 46.1 Å². The number of aryl methyl sites for hydroxylation is 1. The number of halogens is 1. The number of amides is 3. The summed E-state index contributed by atoms with van der Waals surface area (Å²) in [6.07, 6.45) is 2.96. The Balaban J connectivity index is 1.45. The quantitative estimate of drug-likeness (QED) is 0.210. The summed E-state index contributed by atoms with van der Waals surface area (Å²) in [7, 11) is 0. The first kappa shape index (κ1) is 34.2. The Hall–Kier alpha value is -5.14. The molecule has 2 aromatic carbocycles. The second-order valence-corrected chi connectivity index (χ2v) is 11.5. The van der Waals surface area contributed by atoms with Gasteiger partial charge in [-0.25, -0.2) is 14.2 Å².